The number of nitrogens with zero attached hydrogens (tertiary/aromatic N) is 1. The highest BCUT2D eigenvalue weighted by Gasteiger charge is 2.29. The van der Waals surface area contributed by atoms with Crippen LogP contribution in [0, 0.1) is 18.6 Å². The second-order valence-corrected chi connectivity index (χ2v) is 12.6. The molecule has 2 aromatic rings. The number of rotatable bonds is 12. The van der Waals surface area contributed by atoms with E-state index < -0.39 is 92.7 Å². The van der Waals surface area contributed by atoms with E-state index in [1.807, 2.05) is 0 Å². The normalized spacial score (nSPS) is 12.8. The third-order valence-corrected chi connectivity index (χ3v) is 7.97. The molecule has 0 spiro atoms. The van der Waals surface area contributed by atoms with E-state index in [0.29, 0.717) is 10.4 Å². The second kappa shape index (κ2) is 12.9. The van der Waals surface area contributed by atoms with Gasteiger partial charge in [-0.2, -0.15) is 0 Å². The Morgan fingerprint density at radius 2 is 1.79 bits per heavy atom. The number of anilines is 2. The Bertz CT molecular complexity index is 1390. The highest BCUT2D eigenvalue weighted by molar-refractivity contribution is 7.91. The molecule has 2 N–H and O–H groups in total. The number of thiol groups is 1. The number of carbonyl (C=O) groups excluding carboxylic acids is 1. The molecule has 0 amide bonds. The molecule has 0 radical (unpaired) electrons. The number of sulfone groups is 1. The molecule has 218 valence electrons. The smallest absolute Gasteiger partial charge is 0.341 e. The van der Waals surface area contributed by atoms with Crippen molar-refractivity contribution in [3.8, 4) is 11.5 Å². The maximum Gasteiger partial charge on any atom is 0.341 e. The highest BCUT2D eigenvalue weighted by Crippen LogP contribution is 2.37. The lowest BCUT2D eigenvalue weighted by Crippen LogP contribution is -2.29. The summed E-state index contributed by atoms with van der Waals surface area (Å²) in [5.41, 5.74) is 1.75. The number of hydrogen-bond donors (Lipinski definition) is 2. The average Bonchev–Trinajstić information content (AvgIpc) is 2.81. The van der Waals surface area contributed by atoms with Crippen LogP contribution < -0.4 is 14.8 Å². The van der Waals surface area contributed by atoms with Crippen LogP contribution >= 0.6 is 0 Å². The van der Waals surface area contributed by atoms with Crippen molar-refractivity contribution in [3.05, 3.63) is 47.0 Å². The molecule has 9 nitrogen and oxygen atoms in total. The minimum Gasteiger partial charge on any atom is -0.456 e. The molecule has 0 aliphatic rings. The van der Waals surface area contributed by atoms with Gasteiger partial charge in [-0.15, -0.1) is 0 Å². The van der Waals surface area contributed by atoms with Crippen molar-refractivity contribution in [3.63, 3.8) is 0 Å². The van der Waals surface area contributed by atoms with Crippen LogP contribution in [0.4, 0.5) is 28.9 Å². The Morgan fingerprint density at radius 3 is 2.36 bits per heavy atom. The number of halogens is 4. The summed E-state index contributed by atoms with van der Waals surface area (Å²) in [5, 5.41) is 0. The van der Waals surface area contributed by atoms with Crippen molar-refractivity contribution in [2.75, 3.05) is 29.0 Å². The molecular weight excluding hydrogens is 568 g/mol. The molecule has 1 atom stereocenters. The van der Waals surface area contributed by atoms with Crippen molar-refractivity contribution in [1.82, 2.24) is 0 Å². The quantitative estimate of drug-likeness (QED) is 0.159. The molecule has 0 aliphatic carbocycles. The van der Waals surface area contributed by atoms with Gasteiger partial charge in [0.25, 0.3) is 0 Å². The Balaban J connectivity index is 2.43. The maximum atomic E-state index is 15.4. The fraction of sp³-hybridized carbons (Fsp3) is 0.458. The molecule has 0 aliphatic heterocycles. The van der Waals surface area contributed by atoms with Gasteiger partial charge >= 0.3 is 5.97 Å². The molecule has 0 heterocycles. The number of carbonyl (C=O) groups is 1. The van der Waals surface area contributed by atoms with Crippen LogP contribution in [0.25, 0.3) is 0 Å². The lowest BCUT2D eigenvalue weighted by molar-refractivity contribution is 0.00696. The standard InChI is InChI=1S/C24H30F4N2O7S2/c1-14-18(9-7-16(29)20(14)23(31)37-24(2,3)4)36-22-15(26)6-8-17(21(22)28)30(38(32)33)12-10-19(27)39(34,35)13-5-11-25/h6-9,19,38H,5,10-13,29H2,1-4H3. The number of hydrogen-bond acceptors (Lipinski definition) is 8. The minimum absolute atomic E-state index is 0.0144. The van der Waals surface area contributed by atoms with Crippen LogP contribution in [0.3, 0.4) is 0 Å². The largest absolute Gasteiger partial charge is 0.456 e. The van der Waals surface area contributed by atoms with Crippen LogP contribution in [0.15, 0.2) is 24.3 Å². The van der Waals surface area contributed by atoms with Crippen LogP contribution in [0.2, 0.25) is 0 Å². The van der Waals surface area contributed by atoms with E-state index in [4.69, 9.17) is 15.2 Å². The summed E-state index contributed by atoms with van der Waals surface area (Å²) in [6.45, 7) is 4.48. The molecule has 0 saturated carbocycles. The average molecular weight is 599 g/mol. The predicted octanol–water partition coefficient (Wildman–Crippen LogP) is 4.40. The van der Waals surface area contributed by atoms with Gasteiger partial charge in [-0.25, -0.2) is 34.8 Å². The van der Waals surface area contributed by atoms with Gasteiger partial charge in [0.2, 0.25) is 22.1 Å². The molecule has 39 heavy (non-hydrogen) atoms. The number of esters is 1. The molecule has 2 aromatic carbocycles. The second-order valence-electron chi connectivity index (χ2n) is 9.44. The Morgan fingerprint density at radius 1 is 1.15 bits per heavy atom. The molecular formula is C24H30F4N2O7S2. The lowest BCUT2D eigenvalue weighted by Gasteiger charge is -2.22. The summed E-state index contributed by atoms with van der Waals surface area (Å²) in [6.07, 6.45) is -1.32. The van der Waals surface area contributed by atoms with Crippen molar-refractivity contribution in [2.24, 2.45) is 0 Å². The van der Waals surface area contributed by atoms with Crippen LogP contribution in [-0.4, -0.2) is 52.9 Å². The van der Waals surface area contributed by atoms with Crippen LogP contribution in [0.5, 0.6) is 11.5 Å². The molecule has 0 aromatic heterocycles. The zero-order valence-electron chi connectivity index (χ0n) is 21.7. The van der Waals surface area contributed by atoms with Gasteiger partial charge < -0.3 is 15.2 Å². The van der Waals surface area contributed by atoms with Gasteiger partial charge in [-0.1, -0.05) is 0 Å². The zero-order valence-corrected chi connectivity index (χ0v) is 23.4. The molecule has 15 heteroatoms. The van der Waals surface area contributed by atoms with Gasteiger partial charge in [0, 0.05) is 24.2 Å². The summed E-state index contributed by atoms with van der Waals surface area (Å²) >= 11 is 0. The SMILES string of the molecule is Cc1c(Oc2c(F)ccc(N(CCC(F)S(=O)(=O)CCCF)[SH](=O)=O)c2F)ccc(N)c1C(=O)OC(C)(C)C. The predicted molar refractivity (Wildman–Crippen MR) is 139 cm³/mol. The van der Waals surface area contributed by atoms with E-state index in [1.54, 1.807) is 20.8 Å². The Labute approximate surface area is 225 Å². The van der Waals surface area contributed by atoms with Crippen molar-refractivity contribution >= 4 is 38.1 Å². The number of ether oxygens (including phenoxy) is 2. The van der Waals surface area contributed by atoms with Gasteiger partial charge in [0.05, 0.1) is 23.7 Å². The first-order valence-electron chi connectivity index (χ1n) is 11.6. The van der Waals surface area contributed by atoms with Gasteiger partial charge in [-0.3, -0.25) is 8.70 Å². The fourth-order valence-corrected chi connectivity index (χ4v) is 5.27. The summed E-state index contributed by atoms with van der Waals surface area (Å²) in [6, 6.07) is 3.96. The van der Waals surface area contributed by atoms with Crippen molar-refractivity contribution in [2.45, 2.75) is 51.6 Å². The van der Waals surface area contributed by atoms with Gasteiger partial charge in [0.15, 0.2) is 21.5 Å². The molecule has 0 fully saturated rings. The number of nitrogens with two attached hydrogens (primary N) is 1. The fourth-order valence-electron chi connectivity index (χ4n) is 3.43. The topological polar surface area (TPSA) is 133 Å². The summed E-state index contributed by atoms with van der Waals surface area (Å²) in [4.78, 5) is 12.6. The van der Waals surface area contributed by atoms with E-state index in [0.717, 1.165) is 6.07 Å². The third-order valence-electron chi connectivity index (χ3n) is 5.29. The number of benzene rings is 2. The Kier molecular flexibility index (Phi) is 10.6. The summed E-state index contributed by atoms with van der Waals surface area (Å²) in [7, 11) is -8.02. The molecule has 0 bridgehead atoms. The van der Waals surface area contributed by atoms with Gasteiger partial charge in [-0.05, 0) is 58.4 Å². The van der Waals surface area contributed by atoms with Crippen molar-refractivity contribution in [1.29, 1.82) is 0 Å². The van der Waals surface area contributed by atoms with Gasteiger partial charge in [0.1, 0.15) is 11.4 Å². The first-order valence-corrected chi connectivity index (χ1v) is 14.5. The van der Waals surface area contributed by atoms with E-state index >= 15 is 4.39 Å². The molecule has 1 unspecified atom stereocenters. The number of alkyl halides is 2. The van der Waals surface area contributed by atoms with E-state index in [1.165, 1.54) is 19.1 Å². The van der Waals surface area contributed by atoms with E-state index in [2.05, 4.69) is 0 Å². The summed E-state index contributed by atoms with van der Waals surface area (Å²) < 4.78 is 115. The summed E-state index contributed by atoms with van der Waals surface area (Å²) in [5.74, 6) is -5.55. The maximum absolute atomic E-state index is 15.4. The first-order chi connectivity index (χ1) is 18.0. The van der Waals surface area contributed by atoms with Crippen LogP contribution in [0.1, 0.15) is 49.5 Å². The van der Waals surface area contributed by atoms with Crippen molar-refractivity contribution < 1.29 is 48.7 Å². The molecule has 2 rings (SSSR count). The highest BCUT2D eigenvalue weighted by atomic mass is 32.2. The van der Waals surface area contributed by atoms with E-state index in [9.17, 15) is 34.8 Å². The molecule has 0 saturated heterocycles. The first kappa shape index (κ1) is 32.1. The monoisotopic (exact) mass is 598 g/mol. The lowest BCUT2D eigenvalue weighted by atomic mass is 10.0. The third kappa shape index (κ3) is 8.21. The van der Waals surface area contributed by atoms with E-state index in [-0.39, 0.29) is 22.6 Å². The zero-order chi connectivity index (χ0) is 29.7. The van der Waals surface area contributed by atoms with Crippen LogP contribution in [-0.2, 0) is 25.5 Å². The minimum atomic E-state index is -4.38. The Hall–Kier alpha value is -3.07. The number of nitrogen functional groups attached to an aromatic ring is 1.